The zero-order valence-electron chi connectivity index (χ0n) is 38.1. The third-order valence-corrected chi connectivity index (χ3v) is 15.1. The Labute approximate surface area is 404 Å². The van der Waals surface area contributed by atoms with Crippen molar-refractivity contribution in [1.29, 1.82) is 0 Å². The molecule has 0 bridgehead atoms. The molecular formula is C64H44N6. The highest BCUT2D eigenvalue weighted by Crippen LogP contribution is 2.47. The van der Waals surface area contributed by atoms with Crippen LogP contribution in [0.4, 0.5) is 5.69 Å². The van der Waals surface area contributed by atoms with E-state index in [4.69, 9.17) is 9.98 Å². The molecule has 2 aliphatic heterocycles. The Morgan fingerprint density at radius 3 is 1.74 bits per heavy atom. The van der Waals surface area contributed by atoms with Gasteiger partial charge in [0, 0.05) is 61.6 Å². The highest BCUT2D eigenvalue weighted by Gasteiger charge is 2.40. The van der Waals surface area contributed by atoms with Gasteiger partial charge < -0.3 is 18.6 Å². The molecule has 6 nitrogen and oxygen atoms in total. The van der Waals surface area contributed by atoms with Gasteiger partial charge in [0.25, 0.3) is 0 Å². The average Bonchev–Trinajstić information content (AvgIpc) is 4.16. The number of allylic oxidation sites excluding steroid dienone is 2. The third-order valence-electron chi connectivity index (χ3n) is 15.1. The highest BCUT2D eigenvalue weighted by atomic mass is 15.3. The summed E-state index contributed by atoms with van der Waals surface area (Å²) in [7, 11) is 0. The number of hydrogen-bond acceptors (Lipinski definition) is 3. The van der Waals surface area contributed by atoms with Gasteiger partial charge >= 0.3 is 0 Å². The van der Waals surface area contributed by atoms with Crippen molar-refractivity contribution in [3.63, 3.8) is 0 Å². The van der Waals surface area contributed by atoms with E-state index in [1.807, 2.05) is 0 Å². The lowest BCUT2D eigenvalue weighted by Gasteiger charge is -2.33. The Hall–Kier alpha value is -9.00. The van der Waals surface area contributed by atoms with Crippen molar-refractivity contribution >= 4 is 82.8 Å². The van der Waals surface area contributed by atoms with Crippen LogP contribution in [0.3, 0.4) is 0 Å². The van der Waals surface area contributed by atoms with Crippen LogP contribution in [-0.4, -0.2) is 31.4 Å². The molecule has 0 spiro atoms. The van der Waals surface area contributed by atoms with Crippen molar-refractivity contribution in [3.05, 3.63) is 253 Å². The van der Waals surface area contributed by atoms with Gasteiger partial charge in [0.1, 0.15) is 5.84 Å². The van der Waals surface area contributed by atoms with Gasteiger partial charge in [-0.1, -0.05) is 164 Å². The Morgan fingerprint density at radius 1 is 0.414 bits per heavy atom. The van der Waals surface area contributed by atoms with Gasteiger partial charge in [-0.05, 0) is 83.9 Å². The number of benzene rings is 9. The molecule has 330 valence electrons. The van der Waals surface area contributed by atoms with Crippen LogP contribution in [0.15, 0.2) is 247 Å². The molecule has 0 fully saturated rings. The Bertz CT molecular complexity index is 4200. The van der Waals surface area contributed by atoms with Crippen molar-refractivity contribution in [1.82, 2.24) is 13.7 Å². The average molecular weight is 897 g/mol. The van der Waals surface area contributed by atoms with E-state index in [0.717, 1.165) is 50.8 Å². The summed E-state index contributed by atoms with van der Waals surface area (Å²) in [5.41, 5.74) is 15.0. The fraction of sp³-hybridized carbons (Fsp3) is 0.0625. The first kappa shape index (κ1) is 39.0. The Balaban J connectivity index is 0.931. The van der Waals surface area contributed by atoms with Crippen molar-refractivity contribution < 1.29 is 0 Å². The zero-order valence-corrected chi connectivity index (χ0v) is 38.1. The van der Waals surface area contributed by atoms with Crippen LogP contribution in [0.25, 0.3) is 82.5 Å². The van der Waals surface area contributed by atoms with E-state index in [-0.39, 0.29) is 18.0 Å². The van der Waals surface area contributed by atoms with Gasteiger partial charge in [0.15, 0.2) is 5.84 Å². The van der Waals surface area contributed by atoms with Crippen LogP contribution >= 0.6 is 0 Å². The molecule has 0 amide bonds. The fourth-order valence-electron chi connectivity index (χ4n) is 12.2. The minimum Gasteiger partial charge on any atom is -0.322 e. The van der Waals surface area contributed by atoms with E-state index in [0.29, 0.717) is 6.42 Å². The number of aliphatic imine (C=N–C) groups is 2. The van der Waals surface area contributed by atoms with Crippen molar-refractivity contribution in [2.45, 2.75) is 24.4 Å². The van der Waals surface area contributed by atoms with Crippen LogP contribution in [0.5, 0.6) is 0 Å². The molecule has 15 rings (SSSR count). The third kappa shape index (κ3) is 5.68. The predicted octanol–water partition coefficient (Wildman–Crippen LogP) is 15.4. The topological polar surface area (TPSA) is 42.8 Å². The summed E-state index contributed by atoms with van der Waals surface area (Å²) in [5.74, 6) is 2.04. The van der Waals surface area contributed by atoms with Gasteiger partial charge in [-0.15, -0.1) is 0 Å². The lowest BCUT2D eigenvalue weighted by molar-refractivity contribution is 0.709. The largest absolute Gasteiger partial charge is 0.322 e. The van der Waals surface area contributed by atoms with E-state index >= 15 is 0 Å². The van der Waals surface area contributed by atoms with Crippen molar-refractivity contribution in [2.75, 3.05) is 4.90 Å². The molecule has 6 heteroatoms. The standard InChI is InChI=1S/C64H44N6/c1-2-19-41(20-3-1)51-40-62(70-55-31-14-6-23-45(55)46-24-7-15-32-56(46)70)66-64(65-51)49-27-10-17-34-58(49)69-57-33-16-9-26-48(57)63-60(35-18-36-61(63)69)68-54-30-13-8-25-47(54)50-39-42(37-38-59(50)68)67-52-28-11-4-21-43(52)44-22-5-12-29-53(44)67/h1-39,45,51,55H,40H2. The van der Waals surface area contributed by atoms with Gasteiger partial charge in [0.2, 0.25) is 0 Å². The number of amidine groups is 2. The van der Waals surface area contributed by atoms with Crippen molar-refractivity contribution in [2.24, 2.45) is 9.98 Å². The second kappa shape index (κ2) is 15.3. The summed E-state index contributed by atoms with van der Waals surface area (Å²) in [6.45, 7) is 0. The molecule has 70 heavy (non-hydrogen) atoms. The predicted molar refractivity (Wildman–Crippen MR) is 291 cm³/mol. The number of aromatic nitrogens is 3. The monoisotopic (exact) mass is 896 g/mol. The van der Waals surface area contributed by atoms with E-state index in [9.17, 15) is 0 Å². The summed E-state index contributed by atoms with van der Waals surface area (Å²) in [5, 5.41) is 7.32. The van der Waals surface area contributed by atoms with E-state index in [1.54, 1.807) is 0 Å². The number of fused-ring (bicyclic) bond motifs is 12. The number of rotatable bonds is 5. The molecule has 12 aromatic rings. The molecule has 9 aromatic carbocycles. The molecule has 3 aliphatic rings. The van der Waals surface area contributed by atoms with E-state index in [2.05, 4.69) is 255 Å². The van der Waals surface area contributed by atoms with Crippen molar-refractivity contribution in [3.8, 4) is 17.1 Å². The lowest BCUT2D eigenvalue weighted by atomic mass is 9.91. The van der Waals surface area contributed by atoms with Crippen LogP contribution in [0.1, 0.15) is 35.1 Å². The van der Waals surface area contributed by atoms with Crippen LogP contribution in [0.2, 0.25) is 0 Å². The second-order valence-electron chi connectivity index (χ2n) is 18.8. The maximum Gasteiger partial charge on any atom is 0.159 e. The van der Waals surface area contributed by atoms with Crippen LogP contribution < -0.4 is 4.90 Å². The molecule has 1 aliphatic carbocycles. The van der Waals surface area contributed by atoms with E-state index in [1.165, 1.54) is 65.7 Å². The SMILES string of the molecule is C1=CC2c3ccccc3N(C3=NC(c4ccccc4-n4c5ccccc5c5c(-n6c7ccccc7c7cc(-n8c9ccccc9c9ccccc98)ccc76)cccc54)=NC(c4ccccc4)C3)C2C=C1. The molecule has 5 heterocycles. The summed E-state index contributed by atoms with van der Waals surface area (Å²) in [6, 6.07) is 77.3. The Morgan fingerprint density at radius 2 is 0.971 bits per heavy atom. The normalized spacial score (nSPS) is 17.5. The van der Waals surface area contributed by atoms with Gasteiger partial charge in [-0.2, -0.15) is 0 Å². The fourth-order valence-corrected chi connectivity index (χ4v) is 12.2. The summed E-state index contributed by atoms with van der Waals surface area (Å²) < 4.78 is 7.34. The number of anilines is 1. The molecule has 3 aromatic heterocycles. The number of para-hydroxylation sites is 6. The van der Waals surface area contributed by atoms with Gasteiger partial charge in [-0.25, -0.2) is 4.99 Å². The van der Waals surface area contributed by atoms with Gasteiger partial charge in [0.05, 0.1) is 56.6 Å². The molecule has 0 N–H and O–H groups in total. The summed E-state index contributed by atoms with van der Waals surface area (Å²) >= 11 is 0. The molecule has 0 radical (unpaired) electrons. The lowest BCUT2D eigenvalue weighted by Crippen LogP contribution is -2.40. The van der Waals surface area contributed by atoms with Gasteiger partial charge in [-0.3, -0.25) is 4.99 Å². The maximum absolute atomic E-state index is 5.63. The minimum absolute atomic E-state index is 0.110. The summed E-state index contributed by atoms with van der Waals surface area (Å²) in [4.78, 5) is 13.7. The first-order valence-corrected chi connectivity index (χ1v) is 24.3. The molecule has 3 atom stereocenters. The highest BCUT2D eigenvalue weighted by molar-refractivity contribution is 6.19. The number of hydrogen-bond donors (Lipinski definition) is 0. The molecule has 0 saturated heterocycles. The maximum atomic E-state index is 5.63. The van der Waals surface area contributed by atoms with E-state index < -0.39 is 0 Å². The molecular weight excluding hydrogens is 853 g/mol. The first-order valence-electron chi connectivity index (χ1n) is 24.3. The Kier molecular flexibility index (Phi) is 8.51. The molecule has 0 saturated carbocycles. The molecule has 3 unspecified atom stereocenters. The zero-order chi connectivity index (χ0) is 45.9. The number of nitrogens with zero attached hydrogens (tertiary/aromatic N) is 6. The minimum atomic E-state index is -0.110. The van der Waals surface area contributed by atoms with Crippen LogP contribution in [0, 0.1) is 0 Å². The summed E-state index contributed by atoms with van der Waals surface area (Å²) in [6.07, 6.45) is 9.74. The van der Waals surface area contributed by atoms with Crippen LogP contribution in [-0.2, 0) is 0 Å². The quantitative estimate of drug-likeness (QED) is 0.170. The smallest absolute Gasteiger partial charge is 0.159 e. The first-order chi connectivity index (χ1) is 34.8. The second-order valence-corrected chi connectivity index (χ2v) is 18.8.